The number of methoxy groups -OCH3 is 2. The van der Waals surface area contributed by atoms with Crippen LogP contribution in [0.3, 0.4) is 0 Å². The SMILES string of the molecule is CCOC(=O)CCC(C)=CCCC(CCl)C(C)(OC)OC(C)(OC)C(CCl)CCC=C(C)CCC(=O)OCC. The van der Waals surface area contributed by atoms with Crippen LogP contribution in [0.25, 0.3) is 0 Å². The standard InChI is InChI=1S/C30H52Cl2O7/c1-9-37-27(33)19-17-23(3)13-11-15-25(21-31)29(5,35-7)39-30(6,36-8)26(22-32)16-12-14-24(4)18-20-28(34)38-10-2/h13-14,25-26H,9-12,15-22H2,1-8H3. The number of carbonyl (C=O) groups is 2. The molecular formula is C30H52Cl2O7. The van der Waals surface area contributed by atoms with Gasteiger partial charge in [-0.15, -0.1) is 23.2 Å². The average molecular weight is 596 g/mol. The molecule has 0 spiro atoms. The first-order valence-corrected chi connectivity index (χ1v) is 15.1. The second-order valence-corrected chi connectivity index (χ2v) is 10.7. The van der Waals surface area contributed by atoms with E-state index in [2.05, 4.69) is 12.2 Å². The molecule has 0 aromatic heterocycles. The molecule has 4 unspecified atom stereocenters. The molecule has 39 heavy (non-hydrogen) atoms. The van der Waals surface area contributed by atoms with Crippen LogP contribution < -0.4 is 0 Å². The lowest BCUT2D eigenvalue weighted by molar-refractivity contribution is -0.364. The Morgan fingerprint density at radius 2 is 1.08 bits per heavy atom. The van der Waals surface area contributed by atoms with Crippen LogP contribution in [0.4, 0.5) is 0 Å². The van der Waals surface area contributed by atoms with Crippen molar-refractivity contribution in [1.82, 2.24) is 0 Å². The Morgan fingerprint density at radius 3 is 1.36 bits per heavy atom. The molecule has 0 rings (SSSR count). The molecule has 0 aliphatic heterocycles. The monoisotopic (exact) mass is 594 g/mol. The molecule has 0 aliphatic carbocycles. The van der Waals surface area contributed by atoms with Gasteiger partial charge >= 0.3 is 11.9 Å². The quantitative estimate of drug-likeness (QED) is 0.0553. The highest BCUT2D eigenvalue weighted by atomic mass is 35.5. The lowest BCUT2D eigenvalue weighted by Gasteiger charge is -2.45. The number of halogens is 2. The number of allylic oxidation sites excluding steroid dienone is 4. The number of ether oxygens (including phenoxy) is 5. The van der Waals surface area contributed by atoms with E-state index in [0.717, 1.165) is 36.8 Å². The summed E-state index contributed by atoms with van der Waals surface area (Å²) in [6.45, 7) is 12.2. The number of hydrogen-bond acceptors (Lipinski definition) is 7. The van der Waals surface area contributed by atoms with Gasteiger partial charge < -0.3 is 23.7 Å². The van der Waals surface area contributed by atoms with Gasteiger partial charge in [-0.05, 0) is 80.1 Å². The van der Waals surface area contributed by atoms with E-state index in [4.69, 9.17) is 46.9 Å². The second-order valence-electron chi connectivity index (χ2n) is 10.1. The van der Waals surface area contributed by atoms with E-state index < -0.39 is 11.6 Å². The summed E-state index contributed by atoms with van der Waals surface area (Å²) in [4.78, 5) is 23.2. The Labute approximate surface area is 246 Å². The average Bonchev–Trinajstić information content (AvgIpc) is 2.91. The summed E-state index contributed by atoms with van der Waals surface area (Å²) in [6, 6.07) is 0. The summed E-state index contributed by atoms with van der Waals surface area (Å²) < 4.78 is 28.4. The maximum Gasteiger partial charge on any atom is 0.306 e. The highest BCUT2D eigenvalue weighted by Crippen LogP contribution is 2.38. The number of alkyl halides is 2. The van der Waals surface area contributed by atoms with E-state index in [1.165, 1.54) is 0 Å². The number of carbonyl (C=O) groups excluding carboxylic acids is 2. The van der Waals surface area contributed by atoms with Crippen molar-refractivity contribution in [2.75, 3.05) is 39.2 Å². The highest BCUT2D eigenvalue weighted by molar-refractivity contribution is 6.18. The Kier molecular flexibility index (Phi) is 20.1. The Morgan fingerprint density at radius 1 is 0.718 bits per heavy atom. The summed E-state index contributed by atoms with van der Waals surface area (Å²) >= 11 is 12.8. The lowest BCUT2D eigenvalue weighted by Crippen LogP contribution is -2.52. The van der Waals surface area contributed by atoms with Crippen molar-refractivity contribution in [2.24, 2.45) is 11.8 Å². The first-order valence-electron chi connectivity index (χ1n) is 14.0. The molecule has 4 atom stereocenters. The van der Waals surface area contributed by atoms with Gasteiger partial charge in [-0.2, -0.15) is 0 Å². The number of esters is 2. The summed E-state index contributed by atoms with van der Waals surface area (Å²) in [5.74, 6) is -1.92. The predicted molar refractivity (Wildman–Crippen MR) is 158 cm³/mol. The minimum Gasteiger partial charge on any atom is -0.466 e. The van der Waals surface area contributed by atoms with E-state index in [0.29, 0.717) is 50.7 Å². The van der Waals surface area contributed by atoms with E-state index in [-0.39, 0.29) is 23.8 Å². The molecule has 0 fully saturated rings. The van der Waals surface area contributed by atoms with Crippen LogP contribution in [-0.2, 0) is 33.3 Å². The van der Waals surface area contributed by atoms with Crippen molar-refractivity contribution < 1.29 is 33.3 Å². The first-order chi connectivity index (χ1) is 18.4. The molecule has 0 aliphatic rings. The van der Waals surface area contributed by atoms with Gasteiger partial charge in [0.2, 0.25) is 0 Å². The summed E-state index contributed by atoms with van der Waals surface area (Å²) in [5.41, 5.74) is 2.26. The zero-order valence-electron chi connectivity index (χ0n) is 25.4. The first kappa shape index (κ1) is 37.9. The van der Waals surface area contributed by atoms with E-state index >= 15 is 0 Å². The molecule has 228 valence electrons. The fraction of sp³-hybridized carbons (Fsp3) is 0.800. The maximum atomic E-state index is 11.6. The van der Waals surface area contributed by atoms with Crippen LogP contribution in [0.5, 0.6) is 0 Å². The van der Waals surface area contributed by atoms with Gasteiger partial charge in [-0.3, -0.25) is 9.59 Å². The minimum absolute atomic E-state index is 0.117. The largest absolute Gasteiger partial charge is 0.466 e. The molecule has 0 saturated carbocycles. The van der Waals surface area contributed by atoms with Gasteiger partial charge in [-0.1, -0.05) is 23.3 Å². The molecule has 0 amide bonds. The lowest BCUT2D eigenvalue weighted by atomic mass is 9.92. The molecular weight excluding hydrogens is 543 g/mol. The Balaban J connectivity index is 5.25. The van der Waals surface area contributed by atoms with E-state index in [9.17, 15) is 9.59 Å². The van der Waals surface area contributed by atoms with Crippen LogP contribution >= 0.6 is 23.2 Å². The van der Waals surface area contributed by atoms with Crippen molar-refractivity contribution >= 4 is 35.1 Å². The van der Waals surface area contributed by atoms with Crippen LogP contribution in [0.2, 0.25) is 0 Å². The van der Waals surface area contributed by atoms with Crippen LogP contribution in [0.15, 0.2) is 23.3 Å². The fourth-order valence-electron chi connectivity index (χ4n) is 4.28. The van der Waals surface area contributed by atoms with Crippen molar-refractivity contribution in [3.8, 4) is 0 Å². The molecule has 0 N–H and O–H groups in total. The number of rotatable bonds is 22. The van der Waals surface area contributed by atoms with Crippen molar-refractivity contribution in [3.63, 3.8) is 0 Å². The molecule has 0 saturated heterocycles. The van der Waals surface area contributed by atoms with Gasteiger partial charge in [0.05, 0.1) is 13.2 Å². The predicted octanol–water partition coefficient (Wildman–Crippen LogP) is 7.58. The van der Waals surface area contributed by atoms with Crippen LogP contribution in [0, 0.1) is 11.8 Å². The third-order valence-electron chi connectivity index (χ3n) is 7.15. The van der Waals surface area contributed by atoms with Crippen LogP contribution in [-0.4, -0.2) is 62.7 Å². The molecule has 0 bridgehead atoms. The van der Waals surface area contributed by atoms with Gasteiger partial charge in [0.25, 0.3) is 0 Å². The van der Waals surface area contributed by atoms with Gasteiger partial charge in [0.1, 0.15) is 0 Å². The van der Waals surface area contributed by atoms with Gasteiger partial charge in [-0.25, -0.2) is 0 Å². The third kappa shape index (κ3) is 14.9. The summed E-state index contributed by atoms with van der Waals surface area (Å²) in [6.07, 6.45) is 9.35. The minimum atomic E-state index is -1.01. The number of hydrogen-bond donors (Lipinski definition) is 0. The second kappa shape index (κ2) is 20.7. The maximum absolute atomic E-state index is 11.6. The Hall–Kier alpha value is -1.12. The zero-order chi connectivity index (χ0) is 29.9. The molecule has 0 aromatic rings. The fourth-order valence-corrected chi connectivity index (χ4v) is 5.14. The van der Waals surface area contributed by atoms with Crippen molar-refractivity contribution in [2.45, 2.75) is 104 Å². The summed E-state index contributed by atoms with van der Waals surface area (Å²) in [7, 11) is 3.23. The molecule has 0 radical (unpaired) electrons. The molecule has 9 heteroatoms. The van der Waals surface area contributed by atoms with E-state index in [1.54, 1.807) is 28.1 Å². The highest BCUT2D eigenvalue weighted by Gasteiger charge is 2.45. The van der Waals surface area contributed by atoms with E-state index in [1.807, 2.05) is 27.7 Å². The van der Waals surface area contributed by atoms with Gasteiger partial charge in [0.15, 0.2) is 11.6 Å². The van der Waals surface area contributed by atoms with Crippen LogP contribution in [0.1, 0.15) is 92.9 Å². The molecule has 0 aromatic carbocycles. The van der Waals surface area contributed by atoms with Crippen molar-refractivity contribution in [1.29, 1.82) is 0 Å². The van der Waals surface area contributed by atoms with Crippen molar-refractivity contribution in [3.05, 3.63) is 23.3 Å². The zero-order valence-corrected chi connectivity index (χ0v) is 26.9. The Bertz CT molecular complexity index is 708. The normalized spacial score (nSPS) is 17.2. The third-order valence-corrected chi connectivity index (χ3v) is 7.89. The van der Waals surface area contributed by atoms with Gasteiger partial charge in [0, 0.05) is 50.7 Å². The smallest absolute Gasteiger partial charge is 0.306 e. The topological polar surface area (TPSA) is 80.3 Å². The molecule has 0 heterocycles. The summed E-state index contributed by atoms with van der Waals surface area (Å²) in [5, 5.41) is 0. The molecule has 7 nitrogen and oxygen atoms in total.